The minimum absolute atomic E-state index is 0.0492. The molecule has 0 radical (unpaired) electrons. The molecule has 2 rings (SSSR count). The summed E-state index contributed by atoms with van der Waals surface area (Å²) in [6.45, 7) is 6.15. The van der Waals surface area contributed by atoms with E-state index >= 15 is 0 Å². The van der Waals surface area contributed by atoms with Crippen LogP contribution in [-0.2, 0) is 0 Å². The number of rotatable bonds is 3. The molecule has 1 N–H and O–H groups in total. The molecule has 3 heteroatoms. The van der Waals surface area contributed by atoms with Gasteiger partial charge in [0.2, 0.25) is 0 Å². The fourth-order valence-electron chi connectivity index (χ4n) is 2.36. The van der Waals surface area contributed by atoms with Gasteiger partial charge >= 0.3 is 0 Å². The molecule has 1 atom stereocenters. The van der Waals surface area contributed by atoms with Gasteiger partial charge in [-0.3, -0.25) is 0 Å². The van der Waals surface area contributed by atoms with Gasteiger partial charge in [0, 0.05) is 6.04 Å². The summed E-state index contributed by atoms with van der Waals surface area (Å²) >= 11 is 0. The Balaban J connectivity index is 2.28. The second-order valence-corrected chi connectivity index (χ2v) is 5.03. The van der Waals surface area contributed by atoms with E-state index in [9.17, 15) is 4.39 Å². The molecular weight excluding hydrogens is 251 g/mol. The van der Waals surface area contributed by atoms with Crippen LogP contribution in [-0.4, -0.2) is 0 Å². The second-order valence-electron chi connectivity index (χ2n) is 5.03. The van der Waals surface area contributed by atoms with Crippen molar-refractivity contribution in [1.82, 2.24) is 0 Å². The monoisotopic (exact) mass is 268 g/mol. The van der Waals surface area contributed by atoms with Crippen LogP contribution in [0, 0.1) is 31.0 Å². The Hall–Kier alpha value is -2.34. The van der Waals surface area contributed by atoms with E-state index in [0.29, 0.717) is 11.3 Å². The molecule has 2 aromatic carbocycles. The van der Waals surface area contributed by atoms with E-state index < -0.39 is 5.82 Å². The molecule has 0 heterocycles. The molecule has 102 valence electrons. The normalized spacial score (nSPS) is 11.8. The van der Waals surface area contributed by atoms with E-state index in [4.69, 9.17) is 5.26 Å². The Morgan fingerprint density at radius 2 is 1.90 bits per heavy atom. The molecule has 1 unspecified atom stereocenters. The van der Waals surface area contributed by atoms with Gasteiger partial charge in [-0.05, 0) is 50.1 Å². The highest BCUT2D eigenvalue weighted by molar-refractivity contribution is 5.58. The van der Waals surface area contributed by atoms with Crippen molar-refractivity contribution in [2.75, 3.05) is 5.32 Å². The number of benzene rings is 2. The van der Waals surface area contributed by atoms with E-state index in [1.54, 1.807) is 6.07 Å². The molecule has 0 saturated carbocycles. The molecule has 20 heavy (non-hydrogen) atoms. The number of hydrogen-bond acceptors (Lipinski definition) is 2. The molecule has 0 aliphatic rings. The molecule has 0 aliphatic carbocycles. The summed E-state index contributed by atoms with van der Waals surface area (Å²) in [5, 5.41) is 12.3. The summed E-state index contributed by atoms with van der Waals surface area (Å²) < 4.78 is 13.1. The van der Waals surface area contributed by atoms with Crippen molar-refractivity contribution in [3.63, 3.8) is 0 Å². The maximum Gasteiger partial charge on any atom is 0.124 e. The standard InChI is InChI=1S/C17H17FN2/c1-11-4-6-16(12(2)8-11)13(3)20-17-7-5-15(18)9-14(17)10-19/h4-9,13,20H,1-3H3. The van der Waals surface area contributed by atoms with Gasteiger partial charge < -0.3 is 5.32 Å². The third-order valence-electron chi connectivity index (χ3n) is 3.37. The van der Waals surface area contributed by atoms with Gasteiger partial charge in [-0.2, -0.15) is 5.26 Å². The lowest BCUT2D eigenvalue weighted by atomic mass is 10.00. The number of nitrogens with one attached hydrogen (secondary N) is 1. The largest absolute Gasteiger partial charge is 0.377 e. The van der Waals surface area contributed by atoms with Crippen molar-refractivity contribution in [2.45, 2.75) is 26.8 Å². The van der Waals surface area contributed by atoms with Crippen LogP contribution in [0.1, 0.15) is 35.2 Å². The van der Waals surface area contributed by atoms with Crippen LogP contribution in [0.15, 0.2) is 36.4 Å². The predicted octanol–water partition coefficient (Wildman–Crippen LogP) is 4.49. The maximum atomic E-state index is 13.1. The van der Waals surface area contributed by atoms with Gasteiger partial charge in [-0.1, -0.05) is 23.8 Å². The average Bonchev–Trinajstić information content (AvgIpc) is 2.40. The summed E-state index contributed by atoms with van der Waals surface area (Å²) in [6, 6.07) is 12.6. The molecule has 0 bridgehead atoms. The van der Waals surface area contributed by atoms with E-state index in [-0.39, 0.29) is 6.04 Å². The van der Waals surface area contributed by atoms with Crippen molar-refractivity contribution in [3.8, 4) is 6.07 Å². The lowest BCUT2D eigenvalue weighted by molar-refractivity contribution is 0.627. The highest BCUT2D eigenvalue weighted by atomic mass is 19.1. The number of nitrogens with zero attached hydrogens (tertiary/aromatic N) is 1. The number of anilines is 1. The summed E-state index contributed by atoms with van der Waals surface area (Å²) in [4.78, 5) is 0. The molecule has 0 aliphatic heterocycles. The van der Waals surface area contributed by atoms with Gasteiger partial charge in [-0.25, -0.2) is 4.39 Å². The SMILES string of the molecule is Cc1ccc(C(C)Nc2ccc(F)cc2C#N)c(C)c1. The molecule has 0 amide bonds. The van der Waals surface area contributed by atoms with Gasteiger partial charge in [0.05, 0.1) is 11.3 Å². The minimum atomic E-state index is -0.397. The van der Waals surface area contributed by atoms with E-state index in [1.807, 2.05) is 13.0 Å². The fourth-order valence-corrected chi connectivity index (χ4v) is 2.36. The fraction of sp³-hybridized carbons (Fsp3) is 0.235. The Morgan fingerprint density at radius 1 is 1.15 bits per heavy atom. The van der Waals surface area contributed by atoms with Gasteiger partial charge in [-0.15, -0.1) is 0 Å². The maximum absolute atomic E-state index is 13.1. The molecule has 2 aromatic rings. The van der Waals surface area contributed by atoms with Crippen molar-refractivity contribution in [3.05, 3.63) is 64.5 Å². The zero-order valence-corrected chi connectivity index (χ0v) is 11.9. The van der Waals surface area contributed by atoms with Gasteiger partial charge in [0.25, 0.3) is 0 Å². The van der Waals surface area contributed by atoms with E-state index in [1.165, 1.54) is 28.8 Å². The molecular formula is C17H17FN2. The first-order valence-corrected chi connectivity index (χ1v) is 6.54. The predicted molar refractivity (Wildman–Crippen MR) is 79.1 cm³/mol. The van der Waals surface area contributed by atoms with Crippen molar-refractivity contribution in [2.24, 2.45) is 0 Å². The highest BCUT2D eigenvalue weighted by Gasteiger charge is 2.11. The van der Waals surface area contributed by atoms with Crippen LogP contribution in [0.4, 0.5) is 10.1 Å². The summed E-state index contributed by atoms with van der Waals surface area (Å²) in [6.07, 6.45) is 0. The van der Waals surface area contributed by atoms with E-state index in [0.717, 1.165) is 0 Å². The average molecular weight is 268 g/mol. The zero-order valence-electron chi connectivity index (χ0n) is 11.9. The number of hydrogen-bond donors (Lipinski definition) is 1. The summed E-state index contributed by atoms with van der Waals surface area (Å²) in [5.74, 6) is -0.397. The Morgan fingerprint density at radius 3 is 2.55 bits per heavy atom. The van der Waals surface area contributed by atoms with Crippen LogP contribution in [0.3, 0.4) is 0 Å². The molecule has 0 fully saturated rings. The molecule has 0 aromatic heterocycles. The number of halogens is 1. The van der Waals surface area contributed by atoms with Crippen molar-refractivity contribution >= 4 is 5.69 Å². The van der Waals surface area contributed by atoms with Gasteiger partial charge in [0.15, 0.2) is 0 Å². The lowest BCUT2D eigenvalue weighted by Gasteiger charge is -2.19. The summed E-state index contributed by atoms with van der Waals surface area (Å²) in [5.41, 5.74) is 4.57. The lowest BCUT2D eigenvalue weighted by Crippen LogP contribution is -2.09. The third-order valence-corrected chi connectivity index (χ3v) is 3.37. The second kappa shape index (κ2) is 5.75. The molecule has 0 spiro atoms. The molecule has 0 saturated heterocycles. The van der Waals surface area contributed by atoms with Crippen LogP contribution < -0.4 is 5.32 Å². The van der Waals surface area contributed by atoms with Crippen LogP contribution in [0.25, 0.3) is 0 Å². The number of nitriles is 1. The first-order chi connectivity index (χ1) is 9.51. The topological polar surface area (TPSA) is 35.8 Å². The van der Waals surface area contributed by atoms with Crippen LogP contribution >= 0.6 is 0 Å². The Kier molecular flexibility index (Phi) is 4.05. The number of aryl methyl sites for hydroxylation is 2. The van der Waals surface area contributed by atoms with Crippen LogP contribution in [0.2, 0.25) is 0 Å². The Bertz CT molecular complexity index is 671. The molecule has 2 nitrogen and oxygen atoms in total. The van der Waals surface area contributed by atoms with E-state index in [2.05, 4.69) is 37.4 Å². The quantitative estimate of drug-likeness (QED) is 0.890. The first-order valence-electron chi connectivity index (χ1n) is 6.54. The van der Waals surface area contributed by atoms with Gasteiger partial charge in [0.1, 0.15) is 11.9 Å². The van der Waals surface area contributed by atoms with Crippen molar-refractivity contribution in [1.29, 1.82) is 5.26 Å². The minimum Gasteiger partial charge on any atom is -0.377 e. The van der Waals surface area contributed by atoms with Crippen LogP contribution in [0.5, 0.6) is 0 Å². The zero-order chi connectivity index (χ0) is 14.7. The summed E-state index contributed by atoms with van der Waals surface area (Å²) in [7, 11) is 0. The van der Waals surface area contributed by atoms with Crippen molar-refractivity contribution < 1.29 is 4.39 Å². The third kappa shape index (κ3) is 2.97. The highest BCUT2D eigenvalue weighted by Crippen LogP contribution is 2.25. The smallest absolute Gasteiger partial charge is 0.124 e. The Labute approximate surface area is 118 Å². The first kappa shape index (κ1) is 14.1.